The first-order chi connectivity index (χ1) is 5.31. The largest absolute Gasteiger partial charge is 0.484 e. The Bertz CT molecular complexity index is 146. The van der Waals surface area contributed by atoms with E-state index in [1.807, 2.05) is 12.1 Å². The molecule has 0 heterocycles. The van der Waals surface area contributed by atoms with Crippen LogP contribution < -0.4 is 0 Å². The van der Waals surface area contributed by atoms with E-state index in [2.05, 4.69) is 6.92 Å². The zero-order valence-electron chi connectivity index (χ0n) is 7.21. The van der Waals surface area contributed by atoms with E-state index in [4.69, 9.17) is 10.00 Å². The molecule has 0 saturated carbocycles. The van der Waals surface area contributed by atoms with Gasteiger partial charge < -0.3 is 4.74 Å². The molecular formula is C9H15NO. The monoisotopic (exact) mass is 153 g/mol. The van der Waals surface area contributed by atoms with Gasteiger partial charge in [0.25, 0.3) is 0 Å². The highest BCUT2D eigenvalue weighted by molar-refractivity contribution is 4.83. The third-order valence-electron chi connectivity index (χ3n) is 1.29. The molecule has 0 aliphatic heterocycles. The van der Waals surface area contributed by atoms with E-state index in [1.54, 1.807) is 13.2 Å². The number of nitriles is 1. The molecule has 0 aromatic carbocycles. The summed E-state index contributed by atoms with van der Waals surface area (Å²) < 4.78 is 5.00. The Morgan fingerprint density at radius 1 is 1.64 bits per heavy atom. The Morgan fingerprint density at radius 3 is 2.91 bits per heavy atom. The number of hydrogen-bond donors (Lipinski definition) is 0. The molecule has 0 radical (unpaired) electrons. The van der Waals surface area contributed by atoms with Crippen LogP contribution in [0.3, 0.4) is 0 Å². The zero-order chi connectivity index (χ0) is 8.53. The zero-order valence-corrected chi connectivity index (χ0v) is 7.21. The van der Waals surface area contributed by atoms with Gasteiger partial charge in [-0.1, -0.05) is 13.3 Å². The second-order valence-corrected chi connectivity index (χ2v) is 2.42. The SMILES string of the molecule is CCCC/C=C/OC(C)C#N. The predicted octanol–water partition coefficient (Wildman–Crippen LogP) is 2.62. The maximum absolute atomic E-state index is 8.33. The van der Waals surface area contributed by atoms with E-state index < -0.39 is 0 Å². The Labute approximate surface area is 68.5 Å². The molecule has 1 atom stereocenters. The number of unbranched alkanes of at least 4 members (excludes halogenated alkanes) is 2. The summed E-state index contributed by atoms with van der Waals surface area (Å²) in [6.07, 6.45) is 6.65. The fourth-order valence-corrected chi connectivity index (χ4v) is 0.594. The average molecular weight is 153 g/mol. The van der Waals surface area contributed by atoms with Gasteiger partial charge in [0.1, 0.15) is 6.07 Å². The molecule has 0 aliphatic rings. The van der Waals surface area contributed by atoms with Crippen molar-refractivity contribution in [3.05, 3.63) is 12.3 Å². The molecule has 0 spiro atoms. The van der Waals surface area contributed by atoms with Gasteiger partial charge >= 0.3 is 0 Å². The van der Waals surface area contributed by atoms with E-state index in [-0.39, 0.29) is 6.10 Å². The van der Waals surface area contributed by atoms with Crippen molar-refractivity contribution in [2.45, 2.75) is 39.2 Å². The Hall–Kier alpha value is -0.970. The fourth-order valence-electron chi connectivity index (χ4n) is 0.594. The molecule has 0 rings (SSSR count). The summed E-state index contributed by atoms with van der Waals surface area (Å²) in [7, 11) is 0. The van der Waals surface area contributed by atoms with Crippen LogP contribution in [0.4, 0.5) is 0 Å². The molecule has 0 saturated heterocycles. The van der Waals surface area contributed by atoms with Gasteiger partial charge in [-0.3, -0.25) is 0 Å². The van der Waals surface area contributed by atoms with Gasteiger partial charge in [0, 0.05) is 0 Å². The van der Waals surface area contributed by atoms with Crippen molar-refractivity contribution in [3.8, 4) is 6.07 Å². The lowest BCUT2D eigenvalue weighted by molar-refractivity contribution is 0.209. The quantitative estimate of drug-likeness (QED) is 0.449. The topological polar surface area (TPSA) is 33.0 Å². The van der Waals surface area contributed by atoms with E-state index in [1.165, 1.54) is 12.8 Å². The normalized spacial score (nSPS) is 12.8. The first-order valence-electron chi connectivity index (χ1n) is 4.01. The Kier molecular flexibility index (Phi) is 6.51. The van der Waals surface area contributed by atoms with Gasteiger partial charge in [-0.15, -0.1) is 0 Å². The first-order valence-corrected chi connectivity index (χ1v) is 4.01. The van der Waals surface area contributed by atoms with E-state index in [0.29, 0.717) is 0 Å². The van der Waals surface area contributed by atoms with Crippen LogP contribution in [0.15, 0.2) is 12.3 Å². The molecule has 0 aliphatic carbocycles. The molecule has 11 heavy (non-hydrogen) atoms. The van der Waals surface area contributed by atoms with E-state index >= 15 is 0 Å². The Morgan fingerprint density at radius 2 is 2.36 bits per heavy atom. The standard InChI is InChI=1S/C9H15NO/c1-3-4-5-6-7-11-9(2)8-10/h6-7,9H,3-5H2,1-2H3/b7-6+. The van der Waals surface area contributed by atoms with Crippen LogP contribution in [0.2, 0.25) is 0 Å². The van der Waals surface area contributed by atoms with Crippen LogP contribution in [0.1, 0.15) is 33.1 Å². The molecule has 0 aromatic heterocycles. The number of nitrogens with zero attached hydrogens (tertiary/aromatic N) is 1. The maximum Gasteiger partial charge on any atom is 0.180 e. The summed E-state index contributed by atoms with van der Waals surface area (Å²) >= 11 is 0. The smallest absolute Gasteiger partial charge is 0.180 e. The third kappa shape index (κ3) is 6.92. The van der Waals surface area contributed by atoms with Gasteiger partial charge in [-0.2, -0.15) is 5.26 Å². The first kappa shape index (κ1) is 10.0. The van der Waals surface area contributed by atoms with Crippen LogP contribution in [0, 0.1) is 11.3 Å². The van der Waals surface area contributed by atoms with Crippen LogP contribution in [-0.4, -0.2) is 6.10 Å². The lowest BCUT2D eigenvalue weighted by atomic mass is 10.2. The molecule has 2 nitrogen and oxygen atoms in total. The second-order valence-electron chi connectivity index (χ2n) is 2.42. The number of allylic oxidation sites excluding steroid dienone is 1. The van der Waals surface area contributed by atoms with Crippen molar-refractivity contribution < 1.29 is 4.74 Å². The second kappa shape index (κ2) is 7.14. The molecule has 0 bridgehead atoms. The third-order valence-corrected chi connectivity index (χ3v) is 1.29. The van der Waals surface area contributed by atoms with Gasteiger partial charge in [0.05, 0.1) is 6.26 Å². The molecule has 0 fully saturated rings. The molecular weight excluding hydrogens is 138 g/mol. The average Bonchev–Trinajstić information content (AvgIpc) is 2.04. The van der Waals surface area contributed by atoms with E-state index in [9.17, 15) is 0 Å². The highest BCUT2D eigenvalue weighted by Gasteiger charge is 1.91. The van der Waals surface area contributed by atoms with Gasteiger partial charge in [-0.05, 0) is 25.8 Å². The minimum absolute atomic E-state index is 0.326. The maximum atomic E-state index is 8.33. The molecule has 62 valence electrons. The van der Waals surface area contributed by atoms with Gasteiger partial charge in [0.2, 0.25) is 0 Å². The molecule has 2 heteroatoms. The summed E-state index contributed by atoms with van der Waals surface area (Å²) in [5, 5.41) is 8.33. The van der Waals surface area contributed by atoms with Crippen molar-refractivity contribution >= 4 is 0 Å². The van der Waals surface area contributed by atoms with Gasteiger partial charge in [0.15, 0.2) is 6.10 Å². The predicted molar refractivity (Wildman–Crippen MR) is 44.8 cm³/mol. The minimum Gasteiger partial charge on any atom is -0.484 e. The summed E-state index contributed by atoms with van der Waals surface area (Å²) in [6, 6.07) is 1.98. The number of rotatable bonds is 5. The van der Waals surface area contributed by atoms with Gasteiger partial charge in [-0.25, -0.2) is 0 Å². The minimum atomic E-state index is -0.326. The summed E-state index contributed by atoms with van der Waals surface area (Å²) in [5.41, 5.74) is 0. The summed E-state index contributed by atoms with van der Waals surface area (Å²) in [5.74, 6) is 0. The van der Waals surface area contributed by atoms with Crippen molar-refractivity contribution in [2.75, 3.05) is 0 Å². The van der Waals surface area contributed by atoms with Crippen molar-refractivity contribution in [1.29, 1.82) is 5.26 Å². The lowest BCUT2D eigenvalue weighted by Gasteiger charge is -1.99. The summed E-state index contributed by atoms with van der Waals surface area (Å²) in [6.45, 7) is 3.87. The molecule has 0 amide bonds. The molecule has 0 N–H and O–H groups in total. The van der Waals surface area contributed by atoms with Crippen LogP contribution >= 0.6 is 0 Å². The molecule has 0 aromatic rings. The Balaban J connectivity index is 3.24. The van der Waals surface area contributed by atoms with Crippen molar-refractivity contribution in [2.24, 2.45) is 0 Å². The van der Waals surface area contributed by atoms with Crippen molar-refractivity contribution in [1.82, 2.24) is 0 Å². The van der Waals surface area contributed by atoms with Crippen LogP contribution in [0.5, 0.6) is 0 Å². The van der Waals surface area contributed by atoms with E-state index in [0.717, 1.165) is 6.42 Å². The highest BCUT2D eigenvalue weighted by Crippen LogP contribution is 1.96. The highest BCUT2D eigenvalue weighted by atomic mass is 16.5. The summed E-state index contributed by atoms with van der Waals surface area (Å²) in [4.78, 5) is 0. The fraction of sp³-hybridized carbons (Fsp3) is 0.667. The van der Waals surface area contributed by atoms with Crippen LogP contribution in [-0.2, 0) is 4.74 Å². The molecule has 1 unspecified atom stereocenters. The number of hydrogen-bond acceptors (Lipinski definition) is 2. The van der Waals surface area contributed by atoms with Crippen LogP contribution in [0.25, 0.3) is 0 Å². The number of ether oxygens (including phenoxy) is 1. The van der Waals surface area contributed by atoms with Crippen molar-refractivity contribution in [3.63, 3.8) is 0 Å². The lowest BCUT2D eigenvalue weighted by Crippen LogP contribution is -1.97.